The summed E-state index contributed by atoms with van der Waals surface area (Å²) in [6.45, 7) is 0. The lowest BCUT2D eigenvalue weighted by Gasteiger charge is -2.27. The minimum Gasteiger partial charge on any atom is -0.493 e. The zero-order valence-corrected chi connectivity index (χ0v) is 11.6. The molecule has 1 aliphatic rings. The van der Waals surface area contributed by atoms with Crippen molar-refractivity contribution >= 4 is 19.7 Å². The summed E-state index contributed by atoms with van der Waals surface area (Å²) in [4.78, 5) is 0. The summed E-state index contributed by atoms with van der Waals surface area (Å²) in [5.41, 5.74) is 0.597. The molecule has 0 aromatic heterocycles. The highest BCUT2D eigenvalue weighted by molar-refractivity contribution is 8.13. The first kappa shape index (κ1) is 13.5. The van der Waals surface area contributed by atoms with Crippen molar-refractivity contribution in [3.8, 4) is 11.5 Å². The Kier molecular flexibility index (Phi) is 4.02. The molecule has 0 bridgehead atoms. The van der Waals surface area contributed by atoms with Gasteiger partial charge >= 0.3 is 0 Å². The third kappa shape index (κ3) is 3.53. The van der Waals surface area contributed by atoms with E-state index in [2.05, 4.69) is 0 Å². The first-order valence-corrected chi connectivity index (χ1v) is 8.22. The predicted octanol–water partition coefficient (Wildman–Crippen LogP) is 2.70. The van der Waals surface area contributed by atoms with E-state index in [1.54, 1.807) is 25.3 Å². The fourth-order valence-corrected chi connectivity index (χ4v) is 2.73. The van der Waals surface area contributed by atoms with Gasteiger partial charge in [0.25, 0.3) is 0 Å². The maximum absolute atomic E-state index is 11.0. The van der Waals surface area contributed by atoms with E-state index in [-0.39, 0.29) is 11.9 Å². The van der Waals surface area contributed by atoms with Gasteiger partial charge in [-0.15, -0.1) is 0 Å². The van der Waals surface area contributed by atoms with Crippen LogP contribution in [0.15, 0.2) is 18.2 Å². The maximum atomic E-state index is 11.0. The van der Waals surface area contributed by atoms with Crippen molar-refractivity contribution in [1.29, 1.82) is 0 Å². The van der Waals surface area contributed by atoms with Crippen LogP contribution < -0.4 is 9.47 Å². The number of methoxy groups -OCH3 is 1. The Morgan fingerprint density at radius 2 is 2.06 bits per heavy atom. The third-order valence-corrected chi connectivity index (χ3v) is 3.92. The van der Waals surface area contributed by atoms with Crippen LogP contribution in [0.25, 0.3) is 0 Å². The second kappa shape index (κ2) is 5.36. The van der Waals surface area contributed by atoms with Gasteiger partial charge in [0, 0.05) is 10.7 Å². The van der Waals surface area contributed by atoms with Gasteiger partial charge in [0.1, 0.15) is 0 Å². The molecule has 1 aromatic rings. The van der Waals surface area contributed by atoms with Crippen molar-refractivity contribution in [2.45, 2.75) is 31.1 Å². The molecule has 0 N–H and O–H groups in total. The van der Waals surface area contributed by atoms with E-state index < -0.39 is 9.05 Å². The lowest BCUT2D eigenvalue weighted by Crippen LogP contribution is -2.24. The van der Waals surface area contributed by atoms with Crippen molar-refractivity contribution < 1.29 is 17.9 Å². The van der Waals surface area contributed by atoms with Crippen LogP contribution in [0.5, 0.6) is 11.5 Å². The van der Waals surface area contributed by atoms with Crippen LogP contribution in [-0.4, -0.2) is 21.6 Å². The molecule has 1 fully saturated rings. The second-order valence-corrected chi connectivity index (χ2v) is 7.12. The highest BCUT2D eigenvalue weighted by Gasteiger charge is 2.21. The molecule has 0 spiro atoms. The summed E-state index contributed by atoms with van der Waals surface area (Å²) < 4.78 is 33.1. The van der Waals surface area contributed by atoms with Gasteiger partial charge in [-0.05, 0) is 37.0 Å². The zero-order chi connectivity index (χ0) is 13.2. The molecule has 6 heteroatoms. The van der Waals surface area contributed by atoms with E-state index in [1.165, 1.54) is 6.42 Å². The van der Waals surface area contributed by atoms with Gasteiger partial charge in [0.2, 0.25) is 9.05 Å². The zero-order valence-electron chi connectivity index (χ0n) is 10.1. The Bertz CT molecular complexity index is 523. The molecule has 2 rings (SSSR count). The fraction of sp³-hybridized carbons (Fsp3) is 0.500. The molecule has 18 heavy (non-hydrogen) atoms. The van der Waals surface area contributed by atoms with Gasteiger partial charge in [-0.1, -0.05) is 6.07 Å². The van der Waals surface area contributed by atoms with Gasteiger partial charge < -0.3 is 9.47 Å². The van der Waals surface area contributed by atoms with Crippen LogP contribution in [0.4, 0.5) is 0 Å². The summed E-state index contributed by atoms with van der Waals surface area (Å²) in [5, 5.41) is 0. The maximum Gasteiger partial charge on any atom is 0.236 e. The van der Waals surface area contributed by atoms with Gasteiger partial charge in [0.05, 0.1) is 19.0 Å². The van der Waals surface area contributed by atoms with E-state index in [4.69, 9.17) is 20.2 Å². The molecule has 0 unspecified atom stereocenters. The Morgan fingerprint density at radius 3 is 2.56 bits per heavy atom. The lowest BCUT2D eigenvalue weighted by molar-refractivity contribution is 0.116. The smallest absolute Gasteiger partial charge is 0.236 e. The second-order valence-electron chi connectivity index (χ2n) is 4.34. The van der Waals surface area contributed by atoms with Crippen LogP contribution in [-0.2, 0) is 14.8 Å². The number of ether oxygens (including phenoxy) is 2. The number of hydrogen-bond donors (Lipinski definition) is 0. The van der Waals surface area contributed by atoms with Gasteiger partial charge in [-0.2, -0.15) is 0 Å². The molecular formula is C12H15ClO4S. The van der Waals surface area contributed by atoms with Crippen LogP contribution >= 0.6 is 10.7 Å². The van der Waals surface area contributed by atoms with E-state index in [0.717, 1.165) is 12.8 Å². The predicted molar refractivity (Wildman–Crippen MR) is 69.7 cm³/mol. The van der Waals surface area contributed by atoms with E-state index >= 15 is 0 Å². The molecule has 1 saturated carbocycles. The van der Waals surface area contributed by atoms with Crippen LogP contribution in [0.2, 0.25) is 0 Å². The van der Waals surface area contributed by atoms with Gasteiger partial charge in [-0.25, -0.2) is 8.42 Å². The summed E-state index contributed by atoms with van der Waals surface area (Å²) in [6.07, 6.45) is 3.44. The minimum atomic E-state index is -3.56. The largest absolute Gasteiger partial charge is 0.493 e. The Morgan fingerprint density at radius 1 is 1.33 bits per heavy atom. The Labute approximate surface area is 111 Å². The number of hydrogen-bond acceptors (Lipinski definition) is 4. The average molecular weight is 291 g/mol. The summed E-state index contributed by atoms with van der Waals surface area (Å²) in [7, 11) is 3.24. The molecule has 0 amide bonds. The van der Waals surface area contributed by atoms with Crippen LogP contribution in [0, 0.1) is 0 Å². The topological polar surface area (TPSA) is 52.6 Å². The quantitative estimate of drug-likeness (QED) is 0.783. The molecule has 0 radical (unpaired) electrons. The first-order valence-electron chi connectivity index (χ1n) is 5.74. The average Bonchev–Trinajstić information content (AvgIpc) is 2.21. The molecule has 4 nitrogen and oxygen atoms in total. The number of rotatable bonds is 5. The lowest BCUT2D eigenvalue weighted by atomic mass is 9.96. The van der Waals surface area contributed by atoms with Gasteiger partial charge in [-0.3, -0.25) is 0 Å². The number of halogens is 1. The van der Waals surface area contributed by atoms with Crippen molar-refractivity contribution in [3.63, 3.8) is 0 Å². The molecule has 0 aliphatic heterocycles. The van der Waals surface area contributed by atoms with E-state index in [1.807, 2.05) is 0 Å². The molecule has 0 atom stereocenters. The van der Waals surface area contributed by atoms with Crippen LogP contribution in [0.1, 0.15) is 24.8 Å². The molecular weight excluding hydrogens is 276 g/mol. The molecule has 0 heterocycles. The van der Waals surface area contributed by atoms with Crippen molar-refractivity contribution in [2.24, 2.45) is 0 Å². The highest BCUT2D eigenvalue weighted by atomic mass is 35.7. The van der Waals surface area contributed by atoms with E-state index in [0.29, 0.717) is 17.1 Å². The van der Waals surface area contributed by atoms with Gasteiger partial charge in [0.15, 0.2) is 11.5 Å². The summed E-state index contributed by atoms with van der Waals surface area (Å²) in [5.74, 6) is 0.984. The molecule has 1 aromatic carbocycles. The first-order chi connectivity index (χ1) is 8.48. The Balaban J connectivity index is 2.20. The summed E-state index contributed by atoms with van der Waals surface area (Å²) in [6, 6.07) is 5.05. The Hall–Kier alpha value is -0.940. The normalized spacial score (nSPS) is 16.1. The number of benzene rings is 1. The van der Waals surface area contributed by atoms with E-state index in [9.17, 15) is 8.42 Å². The monoisotopic (exact) mass is 290 g/mol. The third-order valence-electron chi connectivity index (χ3n) is 2.91. The summed E-state index contributed by atoms with van der Waals surface area (Å²) >= 11 is 0. The van der Waals surface area contributed by atoms with Crippen molar-refractivity contribution in [2.75, 3.05) is 7.11 Å². The standard InChI is InChI=1S/C12H15ClO4S/c1-16-11-6-5-9(8-18(13,14)15)7-12(11)17-10-3-2-4-10/h5-7,10H,2-4,8H2,1H3. The van der Waals surface area contributed by atoms with Crippen LogP contribution in [0.3, 0.4) is 0 Å². The minimum absolute atomic E-state index is 0.209. The molecule has 1 aliphatic carbocycles. The van der Waals surface area contributed by atoms with Crippen molar-refractivity contribution in [3.05, 3.63) is 23.8 Å². The SMILES string of the molecule is COc1ccc(CS(=O)(=O)Cl)cc1OC1CCC1. The molecule has 100 valence electrons. The highest BCUT2D eigenvalue weighted by Crippen LogP contribution is 2.33. The fourth-order valence-electron chi connectivity index (χ4n) is 1.77. The molecule has 0 saturated heterocycles. The van der Waals surface area contributed by atoms with Crippen molar-refractivity contribution in [1.82, 2.24) is 0 Å².